The molecule has 1 aromatic carbocycles. The minimum atomic E-state index is -3.55. The minimum Gasteiger partial charge on any atom is -0.384 e. The van der Waals surface area contributed by atoms with Crippen molar-refractivity contribution in [3.8, 4) is 0 Å². The summed E-state index contributed by atoms with van der Waals surface area (Å²) in [4.78, 5) is 25.0. The van der Waals surface area contributed by atoms with Crippen LogP contribution in [0.2, 0.25) is 0 Å². The van der Waals surface area contributed by atoms with Crippen molar-refractivity contribution < 1.29 is 22.7 Å². The van der Waals surface area contributed by atoms with Crippen molar-refractivity contribution in [2.45, 2.75) is 56.5 Å². The smallest absolute Gasteiger partial charge is 0.251 e. The lowest BCUT2D eigenvalue weighted by molar-refractivity contribution is -0.128. The molecule has 4 atom stereocenters. The molecule has 0 radical (unpaired) electrons. The molecule has 1 aliphatic heterocycles. The van der Waals surface area contributed by atoms with Crippen LogP contribution >= 0.6 is 0 Å². The largest absolute Gasteiger partial charge is 0.384 e. The van der Waals surface area contributed by atoms with Crippen molar-refractivity contribution in [1.82, 2.24) is 14.9 Å². The van der Waals surface area contributed by atoms with Crippen molar-refractivity contribution in [3.63, 3.8) is 0 Å². The number of carbonyl (C=O) groups excluding carboxylic acids is 2. The molecule has 0 aromatic heterocycles. The molecule has 2 aliphatic rings. The van der Waals surface area contributed by atoms with Crippen LogP contribution < -0.4 is 10.6 Å². The molecule has 8 nitrogen and oxygen atoms in total. The van der Waals surface area contributed by atoms with Gasteiger partial charge in [0.1, 0.15) is 0 Å². The van der Waals surface area contributed by atoms with E-state index in [1.807, 2.05) is 0 Å². The maximum absolute atomic E-state index is 12.7. The average molecular weight is 452 g/mol. The molecule has 2 fully saturated rings. The molecular weight excluding hydrogens is 418 g/mol. The first-order valence-corrected chi connectivity index (χ1v) is 12.4. The van der Waals surface area contributed by atoms with Gasteiger partial charge >= 0.3 is 0 Å². The zero-order valence-electron chi connectivity index (χ0n) is 18.5. The van der Waals surface area contributed by atoms with Crippen LogP contribution in [0.25, 0.3) is 0 Å². The SMILES string of the molecule is CCN(CC)S(=O)(=O)c1ccc(C(=O)NC2CCC3C(COC)CC(=O)NC3C2)cc1. The van der Waals surface area contributed by atoms with Gasteiger partial charge in [0.15, 0.2) is 0 Å². The van der Waals surface area contributed by atoms with Crippen molar-refractivity contribution in [3.05, 3.63) is 29.8 Å². The Morgan fingerprint density at radius 1 is 1.19 bits per heavy atom. The highest BCUT2D eigenvalue weighted by Crippen LogP contribution is 2.35. The summed E-state index contributed by atoms with van der Waals surface area (Å²) in [6, 6.07) is 6.08. The second kappa shape index (κ2) is 10.1. The van der Waals surface area contributed by atoms with Gasteiger partial charge in [-0.15, -0.1) is 0 Å². The summed E-state index contributed by atoms with van der Waals surface area (Å²) in [5.74, 6) is 0.405. The molecule has 3 rings (SSSR count). The number of nitrogens with one attached hydrogen (secondary N) is 2. The minimum absolute atomic E-state index is 0.0329. The maximum atomic E-state index is 12.7. The van der Waals surface area contributed by atoms with Gasteiger partial charge in [0.05, 0.1) is 4.90 Å². The fourth-order valence-corrected chi connectivity index (χ4v) is 6.32. The van der Waals surface area contributed by atoms with Crippen LogP contribution in [0.3, 0.4) is 0 Å². The Morgan fingerprint density at radius 2 is 1.87 bits per heavy atom. The molecule has 2 N–H and O–H groups in total. The molecule has 31 heavy (non-hydrogen) atoms. The lowest BCUT2D eigenvalue weighted by Gasteiger charge is -2.43. The molecule has 1 saturated carbocycles. The number of ether oxygens (including phenoxy) is 1. The molecule has 1 aromatic rings. The van der Waals surface area contributed by atoms with Crippen LogP contribution in [0, 0.1) is 11.8 Å². The number of methoxy groups -OCH3 is 1. The zero-order valence-corrected chi connectivity index (χ0v) is 19.3. The number of sulfonamides is 1. The van der Waals surface area contributed by atoms with Crippen molar-refractivity contribution in [2.75, 3.05) is 26.8 Å². The van der Waals surface area contributed by atoms with Gasteiger partial charge in [-0.1, -0.05) is 13.8 Å². The van der Waals surface area contributed by atoms with Gasteiger partial charge in [-0.2, -0.15) is 4.31 Å². The molecule has 0 bridgehead atoms. The Kier molecular flexibility index (Phi) is 7.72. The van der Waals surface area contributed by atoms with E-state index in [2.05, 4.69) is 10.6 Å². The van der Waals surface area contributed by atoms with Crippen LogP contribution in [0.15, 0.2) is 29.2 Å². The van der Waals surface area contributed by atoms with E-state index >= 15 is 0 Å². The van der Waals surface area contributed by atoms with Crippen LogP contribution in [0.4, 0.5) is 0 Å². The average Bonchev–Trinajstić information content (AvgIpc) is 2.74. The number of fused-ring (bicyclic) bond motifs is 1. The van der Waals surface area contributed by atoms with E-state index < -0.39 is 10.0 Å². The molecule has 1 aliphatic carbocycles. The first-order valence-electron chi connectivity index (χ1n) is 11.0. The fraction of sp³-hybridized carbons (Fsp3) is 0.636. The first kappa shape index (κ1) is 23.7. The molecule has 172 valence electrons. The number of amides is 2. The highest BCUT2D eigenvalue weighted by atomic mass is 32.2. The number of piperidine rings is 1. The number of carbonyl (C=O) groups is 2. The summed E-state index contributed by atoms with van der Waals surface area (Å²) in [5, 5.41) is 6.13. The molecular formula is C22H33N3O5S. The van der Waals surface area contributed by atoms with Gasteiger partial charge in [0.2, 0.25) is 15.9 Å². The first-order chi connectivity index (χ1) is 14.8. The van der Waals surface area contributed by atoms with Crippen LogP contribution in [-0.2, 0) is 19.6 Å². The third kappa shape index (κ3) is 5.27. The van der Waals surface area contributed by atoms with Crippen molar-refractivity contribution in [1.29, 1.82) is 0 Å². The van der Waals surface area contributed by atoms with Gasteiger partial charge in [-0.05, 0) is 55.4 Å². The van der Waals surface area contributed by atoms with Gasteiger partial charge in [-0.25, -0.2) is 8.42 Å². The second-order valence-corrected chi connectivity index (χ2v) is 10.3. The van der Waals surface area contributed by atoms with E-state index in [-0.39, 0.29) is 34.7 Å². The quantitative estimate of drug-likeness (QED) is 0.627. The third-order valence-corrected chi connectivity index (χ3v) is 8.54. The van der Waals surface area contributed by atoms with Gasteiger partial charge in [-0.3, -0.25) is 9.59 Å². The van der Waals surface area contributed by atoms with Gasteiger partial charge in [0, 0.05) is 50.9 Å². The van der Waals surface area contributed by atoms with E-state index in [4.69, 9.17) is 4.74 Å². The number of rotatable bonds is 8. The lowest BCUT2D eigenvalue weighted by Crippen LogP contribution is -2.56. The zero-order chi connectivity index (χ0) is 22.6. The highest BCUT2D eigenvalue weighted by Gasteiger charge is 2.41. The summed E-state index contributed by atoms with van der Waals surface area (Å²) in [7, 11) is -1.89. The third-order valence-electron chi connectivity index (χ3n) is 6.48. The highest BCUT2D eigenvalue weighted by molar-refractivity contribution is 7.89. The Morgan fingerprint density at radius 3 is 2.48 bits per heavy atom. The predicted octanol–water partition coefficient (Wildman–Crippen LogP) is 1.77. The fourth-order valence-electron chi connectivity index (χ4n) is 4.87. The van der Waals surface area contributed by atoms with E-state index in [1.165, 1.54) is 16.4 Å². The summed E-state index contributed by atoms with van der Waals surface area (Å²) in [5.41, 5.74) is 0.422. The Bertz CT molecular complexity index is 883. The van der Waals surface area contributed by atoms with Crippen molar-refractivity contribution >= 4 is 21.8 Å². The predicted molar refractivity (Wildman–Crippen MR) is 117 cm³/mol. The monoisotopic (exact) mass is 451 g/mol. The lowest BCUT2D eigenvalue weighted by atomic mass is 9.71. The molecule has 4 unspecified atom stereocenters. The molecule has 2 amide bonds. The van der Waals surface area contributed by atoms with Gasteiger partial charge in [0.25, 0.3) is 5.91 Å². The van der Waals surface area contributed by atoms with E-state index in [9.17, 15) is 18.0 Å². The summed E-state index contributed by atoms with van der Waals surface area (Å²) >= 11 is 0. The molecule has 0 spiro atoms. The van der Waals surface area contributed by atoms with Gasteiger partial charge < -0.3 is 15.4 Å². The molecule has 9 heteroatoms. The summed E-state index contributed by atoms with van der Waals surface area (Å²) in [6.07, 6.45) is 2.95. The number of nitrogens with zero attached hydrogens (tertiary/aromatic N) is 1. The molecule has 1 saturated heterocycles. The van der Waals surface area contributed by atoms with Crippen LogP contribution in [0.5, 0.6) is 0 Å². The van der Waals surface area contributed by atoms with E-state index in [0.717, 1.165) is 12.8 Å². The molecule has 1 heterocycles. The topological polar surface area (TPSA) is 105 Å². The summed E-state index contributed by atoms with van der Waals surface area (Å²) < 4.78 is 31.9. The summed E-state index contributed by atoms with van der Waals surface area (Å²) in [6.45, 7) is 4.96. The Hall–Kier alpha value is -1.97. The van der Waals surface area contributed by atoms with Crippen LogP contribution in [0.1, 0.15) is 49.9 Å². The van der Waals surface area contributed by atoms with Crippen LogP contribution in [-0.4, -0.2) is 63.4 Å². The Labute approximate surface area is 184 Å². The number of benzene rings is 1. The second-order valence-electron chi connectivity index (χ2n) is 8.35. The standard InChI is InChI=1S/C22H33N3O5S/c1-4-25(5-2)31(28,29)18-9-6-15(7-10-18)22(27)23-17-8-11-19-16(14-30-3)12-21(26)24-20(19)13-17/h6-7,9-10,16-17,19-20H,4-5,8,11-14H2,1-3H3,(H,23,27)(H,24,26). The van der Waals surface area contributed by atoms with Crippen molar-refractivity contribution in [2.24, 2.45) is 11.8 Å². The Balaban J connectivity index is 1.63. The van der Waals surface area contributed by atoms with E-state index in [1.54, 1.807) is 33.1 Å². The number of hydrogen-bond acceptors (Lipinski definition) is 5. The maximum Gasteiger partial charge on any atom is 0.251 e. The number of hydrogen-bond donors (Lipinski definition) is 2. The van der Waals surface area contributed by atoms with E-state index in [0.29, 0.717) is 44.0 Å². The normalized spacial score (nSPS) is 26.3.